The predicted octanol–water partition coefficient (Wildman–Crippen LogP) is 4.63. The van der Waals surface area contributed by atoms with Crippen molar-refractivity contribution < 1.29 is 19.2 Å². The van der Waals surface area contributed by atoms with E-state index in [1.165, 1.54) is 32.1 Å². The Kier molecular flexibility index (Phi) is 7.91. The maximum Gasteiger partial charge on any atom is 0.304 e. The summed E-state index contributed by atoms with van der Waals surface area (Å²) in [5.41, 5.74) is 0.626. The van der Waals surface area contributed by atoms with Crippen molar-refractivity contribution in [2.24, 2.45) is 10.8 Å². The van der Waals surface area contributed by atoms with Gasteiger partial charge in [-0.25, -0.2) is 0 Å². The lowest BCUT2D eigenvalue weighted by atomic mass is 9.57. The van der Waals surface area contributed by atoms with E-state index >= 15 is 0 Å². The zero-order valence-electron chi connectivity index (χ0n) is 19.0. The first-order valence-corrected chi connectivity index (χ1v) is 11.6. The SMILES string of the molecule is CC(C)(C)C1(CCCC(CC(=O)O)c2nc(CN3CCOCC3)no2)CCCCC1. The number of ether oxygens (including phenoxy) is 1. The minimum absolute atomic E-state index is 0.0434. The molecule has 1 saturated heterocycles. The van der Waals surface area contributed by atoms with Crippen LogP contribution in [0.1, 0.15) is 96.2 Å². The molecule has 1 N–H and O–H groups in total. The molecule has 1 aliphatic carbocycles. The Morgan fingerprint density at radius 1 is 1.20 bits per heavy atom. The molecule has 0 bridgehead atoms. The number of carboxylic acids is 1. The van der Waals surface area contributed by atoms with Crippen LogP contribution in [0.15, 0.2) is 4.52 Å². The first kappa shape index (κ1) is 23.2. The Morgan fingerprint density at radius 3 is 2.53 bits per heavy atom. The maximum atomic E-state index is 11.5. The smallest absolute Gasteiger partial charge is 0.304 e. The van der Waals surface area contributed by atoms with Crippen LogP contribution in [0, 0.1) is 10.8 Å². The van der Waals surface area contributed by atoms with E-state index in [0.29, 0.717) is 23.7 Å². The van der Waals surface area contributed by atoms with E-state index in [9.17, 15) is 9.90 Å². The maximum absolute atomic E-state index is 11.5. The van der Waals surface area contributed by atoms with E-state index in [0.717, 1.165) is 45.6 Å². The molecule has 30 heavy (non-hydrogen) atoms. The molecule has 2 aliphatic rings. The largest absolute Gasteiger partial charge is 0.481 e. The standard InChI is InChI=1S/C23H39N3O4/c1-22(2,3)23(9-5-4-6-10-23)11-7-8-18(16-20(27)28)21-24-19(25-30-21)17-26-12-14-29-15-13-26/h18H,4-17H2,1-3H3,(H,27,28). The number of hydrogen-bond donors (Lipinski definition) is 1. The van der Waals surface area contributed by atoms with E-state index in [1.807, 2.05) is 0 Å². The number of hydrogen-bond acceptors (Lipinski definition) is 6. The Hall–Kier alpha value is -1.47. The number of rotatable bonds is 9. The molecule has 170 valence electrons. The van der Waals surface area contributed by atoms with Crippen LogP contribution in [0.5, 0.6) is 0 Å². The van der Waals surface area contributed by atoms with Crippen molar-refractivity contribution in [2.45, 2.75) is 91.0 Å². The number of morpholine rings is 1. The predicted molar refractivity (Wildman–Crippen MR) is 114 cm³/mol. The van der Waals surface area contributed by atoms with Gasteiger partial charge in [-0.15, -0.1) is 0 Å². The second-order valence-corrected chi connectivity index (χ2v) is 10.2. The van der Waals surface area contributed by atoms with Gasteiger partial charge in [-0.3, -0.25) is 9.69 Å². The third-order valence-electron chi connectivity index (χ3n) is 7.33. The zero-order chi connectivity index (χ0) is 21.6. The van der Waals surface area contributed by atoms with Gasteiger partial charge in [-0.1, -0.05) is 51.6 Å². The number of carboxylic acid groups (broad SMARTS) is 1. The highest BCUT2D eigenvalue weighted by Gasteiger charge is 2.42. The average molecular weight is 422 g/mol. The Labute approximate surface area is 180 Å². The molecule has 0 radical (unpaired) electrons. The Morgan fingerprint density at radius 2 is 1.90 bits per heavy atom. The minimum atomic E-state index is -0.809. The summed E-state index contributed by atoms with van der Waals surface area (Å²) in [7, 11) is 0. The third-order valence-corrected chi connectivity index (χ3v) is 7.33. The van der Waals surface area contributed by atoms with Crippen LogP contribution in [-0.4, -0.2) is 52.4 Å². The second-order valence-electron chi connectivity index (χ2n) is 10.2. The molecular weight excluding hydrogens is 382 g/mol. The first-order chi connectivity index (χ1) is 14.3. The van der Waals surface area contributed by atoms with Gasteiger partial charge in [-0.2, -0.15) is 4.98 Å². The van der Waals surface area contributed by atoms with Gasteiger partial charge in [0, 0.05) is 19.0 Å². The van der Waals surface area contributed by atoms with E-state index in [1.54, 1.807) is 0 Å². The van der Waals surface area contributed by atoms with E-state index in [4.69, 9.17) is 9.26 Å². The Balaban J connectivity index is 1.61. The van der Waals surface area contributed by atoms with Gasteiger partial charge in [0.1, 0.15) is 0 Å². The van der Waals surface area contributed by atoms with Crippen LogP contribution < -0.4 is 0 Å². The topological polar surface area (TPSA) is 88.7 Å². The van der Waals surface area contributed by atoms with E-state index in [2.05, 4.69) is 35.8 Å². The highest BCUT2D eigenvalue weighted by Crippen LogP contribution is 2.53. The fraction of sp³-hybridized carbons (Fsp3) is 0.870. The van der Waals surface area contributed by atoms with Gasteiger partial charge in [0.05, 0.1) is 26.2 Å². The third kappa shape index (κ3) is 6.03. The lowest BCUT2D eigenvalue weighted by Crippen LogP contribution is -2.37. The number of aromatic nitrogens is 2. The summed E-state index contributed by atoms with van der Waals surface area (Å²) in [5.74, 6) is 0.0972. The minimum Gasteiger partial charge on any atom is -0.481 e. The monoisotopic (exact) mass is 421 g/mol. The van der Waals surface area contributed by atoms with Gasteiger partial charge in [-0.05, 0) is 36.5 Å². The molecule has 7 nitrogen and oxygen atoms in total. The summed E-state index contributed by atoms with van der Waals surface area (Å²) in [6, 6.07) is 0. The fourth-order valence-electron chi connectivity index (χ4n) is 5.27. The molecule has 2 fully saturated rings. The average Bonchev–Trinajstić information content (AvgIpc) is 3.16. The van der Waals surface area contributed by atoms with Crippen LogP contribution in [0.25, 0.3) is 0 Å². The molecule has 1 aliphatic heterocycles. The lowest BCUT2D eigenvalue weighted by Gasteiger charge is -2.48. The molecule has 1 atom stereocenters. The molecule has 2 heterocycles. The molecule has 7 heteroatoms. The number of nitrogens with zero attached hydrogens (tertiary/aromatic N) is 3. The first-order valence-electron chi connectivity index (χ1n) is 11.6. The lowest BCUT2D eigenvalue weighted by molar-refractivity contribution is -0.137. The van der Waals surface area contributed by atoms with Crippen molar-refractivity contribution in [1.82, 2.24) is 15.0 Å². The second kappa shape index (κ2) is 10.2. The molecule has 1 unspecified atom stereocenters. The highest BCUT2D eigenvalue weighted by molar-refractivity contribution is 5.67. The molecular formula is C23H39N3O4. The molecule has 3 rings (SSSR count). The Bertz CT molecular complexity index is 670. The van der Waals surface area contributed by atoms with Crippen molar-refractivity contribution in [3.05, 3.63) is 11.7 Å². The van der Waals surface area contributed by atoms with Crippen molar-refractivity contribution in [2.75, 3.05) is 26.3 Å². The highest BCUT2D eigenvalue weighted by atomic mass is 16.5. The van der Waals surface area contributed by atoms with Crippen molar-refractivity contribution in [1.29, 1.82) is 0 Å². The van der Waals surface area contributed by atoms with Crippen LogP contribution >= 0.6 is 0 Å². The van der Waals surface area contributed by atoms with Crippen molar-refractivity contribution in [3.8, 4) is 0 Å². The number of aliphatic carboxylic acids is 1. The van der Waals surface area contributed by atoms with Gasteiger partial charge < -0.3 is 14.4 Å². The van der Waals surface area contributed by atoms with Crippen molar-refractivity contribution in [3.63, 3.8) is 0 Å². The van der Waals surface area contributed by atoms with Crippen LogP contribution in [0.2, 0.25) is 0 Å². The van der Waals surface area contributed by atoms with Gasteiger partial charge >= 0.3 is 5.97 Å². The summed E-state index contributed by atoms with van der Waals surface area (Å²) < 4.78 is 10.9. The molecule has 0 spiro atoms. The summed E-state index contributed by atoms with van der Waals surface area (Å²) in [4.78, 5) is 18.3. The van der Waals surface area contributed by atoms with Crippen molar-refractivity contribution >= 4 is 5.97 Å². The quantitative estimate of drug-likeness (QED) is 0.622. The molecule has 1 aromatic rings. The summed E-state index contributed by atoms with van der Waals surface area (Å²) in [6.45, 7) is 10.9. The van der Waals surface area contributed by atoms with Crippen LogP contribution in [0.4, 0.5) is 0 Å². The van der Waals surface area contributed by atoms with Crippen LogP contribution in [-0.2, 0) is 16.1 Å². The molecule has 0 aromatic carbocycles. The zero-order valence-corrected chi connectivity index (χ0v) is 19.0. The number of carbonyl (C=O) groups is 1. The summed E-state index contributed by atoms with van der Waals surface area (Å²) in [6.07, 6.45) is 9.49. The molecule has 0 amide bonds. The van der Waals surface area contributed by atoms with E-state index in [-0.39, 0.29) is 17.8 Å². The summed E-state index contributed by atoms with van der Waals surface area (Å²) in [5, 5.41) is 13.6. The van der Waals surface area contributed by atoms with Crippen LogP contribution in [0.3, 0.4) is 0 Å². The van der Waals surface area contributed by atoms with Gasteiger partial charge in [0.15, 0.2) is 5.82 Å². The normalized spacial score (nSPS) is 21.4. The molecule has 1 saturated carbocycles. The van der Waals surface area contributed by atoms with Gasteiger partial charge in [0.25, 0.3) is 0 Å². The molecule has 1 aromatic heterocycles. The summed E-state index contributed by atoms with van der Waals surface area (Å²) >= 11 is 0. The van der Waals surface area contributed by atoms with Gasteiger partial charge in [0.2, 0.25) is 5.89 Å². The van der Waals surface area contributed by atoms with E-state index < -0.39 is 5.97 Å². The fourth-order valence-corrected chi connectivity index (χ4v) is 5.27.